The molecule has 0 saturated carbocycles. The van der Waals surface area contributed by atoms with Gasteiger partial charge in [0.25, 0.3) is 5.91 Å². The zero-order valence-electron chi connectivity index (χ0n) is 15.1. The molecule has 0 aliphatic heterocycles. The third kappa shape index (κ3) is 3.17. The molecule has 3 aromatic rings. The van der Waals surface area contributed by atoms with Crippen molar-refractivity contribution >= 4 is 28.5 Å². The van der Waals surface area contributed by atoms with E-state index < -0.39 is 5.82 Å². The molecule has 0 fully saturated rings. The Morgan fingerprint density at radius 1 is 1.31 bits per heavy atom. The van der Waals surface area contributed by atoms with Crippen molar-refractivity contribution in [1.82, 2.24) is 19.7 Å². The Hall–Kier alpha value is -2.47. The first-order valence-electron chi connectivity index (χ1n) is 8.42. The minimum absolute atomic E-state index is 0.00127. The zero-order chi connectivity index (χ0) is 19.0. The number of fused-ring (bicyclic) bond motifs is 1. The molecular weight excluding hydrogens is 355 g/mol. The van der Waals surface area contributed by atoms with E-state index in [4.69, 9.17) is 11.6 Å². The van der Waals surface area contributed by atoms with Gasteiger partial charge in [0.15, 0.2) is 0 Å². The summed E-state index contributed by atoms with van der Waals surface area (Å²) in [5, 5.41) is 4.51. The number of pyridine rings is 1. The van der Waals surface area contributed by atoms with Gasteiger partial charge in [0.05, 0.1) is 17.3 Å². The number of benzene rings is 1. The van der Waals surface area contributed by atoms with Crippen LogP contribution in [0.25, 0.3) is 22.2 Å². The summed E-state index contributed by atoms with van der Waals surface area (Å²) in [4.78, 5) is 19.1. The summed E-state index contributed by atoms with van der Waals surface area (Å²) in [5.41, 5.74) is 2.96. The van der Waals surface area contributed by atoms with E-state index in [0.717, 1.165) is 5.52 Å². The molecule has 0 aliphatic carbocycles. The second-order valence-electron chi connectivity index (χ2n) is 6.37. The molecule has 0 atom stereocenters. The van der Waals surface area contributed by atoms with Crippen LogP contribution in [0.2, 0.25) is 5.15 Å². The lowest BCUT2D eigenvalue weighted by atomic mass is 9.97. The Balaban J connectivity index is 2.28. The van der Waals surface area contributed by atoms with E-state index in [2.05, 4.69) is 10.1 Å². The topological polar surface area (TPSA) is 51.0 Å². The summed E-state index contributed by atoms with van der Waals surface area (Å²) in [5.74, 6) is -0.682. The van der Waals surface area contributed by atoms with Crippen LogP contribution in [0.15, 0.2) is 30.5 Å². The maximum absolute atomic E-state index is 14.0. The normalized spacial score (nSPS) is 11.3. The third-order valence-electron chi connectivity index (χ3n) is 4.39. The summed E-state index contributed by atoms with van der Waals surface area (Å²) in [6, 6.07) is 5.91. The molecule has 0 spiro atoms. The van der Waals surface area contributed by atoms with Crippen LogP contribution in [0.4, 0.5) is 4.39 Å². The Labute approximate surface area is 156 Å². The van der Waals surface area contributed by atoms with Gasteiger partial charge in [-0.15, -0.1) is 0 Å². The van der Waals surface area contributed by atoms with Crippen molar-refractivity contribution in [3.8, 4) is 11.1 Å². The highest BCUT2D eigenvalue weighted by Gasteiger charge is 2.23. The van der Waals surface area contributed by atoms with Crippen LogP contribution < -0.4 is 0 Å². The number of hydrogen-bond acceptors (Lipinski definition) is 3. The third-order valence-corrected chi connectivity index (χ3v) is 4.59. The van der Waals surface area contributed by atoms with Crippen molar-refractivity contribution in [3.63, 3.8) is 0 Å². The van der Waals surface area contributed by atoms with E-state index in [1.54, 1.807) is 35.0 Å². The average Bonchev–Trinajstić information content (AvgIpc) is 2.95. The summed E-state index contributed by atoms with van der Waals surface area (Å²) >= 11 is 6.17. The average molecular weight is 375 g/mol. The number of amides is 1. The maximum atomic E-state index is 14.0. The minimum atomic E-state index is -0.460. The minimum Gasteiger partial charge on any atom is -0.336 e. The van der Waals surface area contributed by atoms with Gasteiger partial charge in [-0.25, -0.2) is 9.37 Å². The molecule has 5 nitrogen and oxygen atoms in total. The van der Waals surface area contributed by atoms with E-state index in [-0.39, 0.29) is 11.9 Å². The highest BCUT2D eigenvalue weighted by atomic mass is 35.5. The quantitative estimate of drug-likeness (QED) is 0.640. The number of aryl methyl sites for hydroxylation is 1. The second-order valence-corrected chi connectivity index (χ2v) is 6.76. The first-order valence-corrected chi connectivity index (χ1v) is 8.80. The highest BCUT2D eigenvalue weighted by molar-refractivity contribution is 6.30. The first-order chi connectivity index (χ1) is 12.3. The Kier molecular flexibility index (Phi) is 4.96. The molecule has 7 heteroatoms. The van der Waals surface area contributed by atoms with E-state index in [0.29, 0.717) is 33.9 Å². The van der Waals surface area contributed by atoms with E-state index >= 15 is 0 Å². The van der Waals surface area contributed by atoms with Gasteiger partial charge in [-0.1, -0.05) is 17.7 Å². The van der Waals surface area contributed by atoms with E-state index in [1.165, 1.54) is 12.1 Å². The number of carbonyl (C=O) groups excluding carboxylic acids is 1. The van der Waals surface area contributed by atoms with Gasteiger partial charge in [0.2, 0.25) is 0 Å². The number of nitrogens with zero attached hydrogens (tertiary/aromatic N) is 4. The molecule has 0 bridgehead atoms. The summed E-state index contributed by atoms with van der Waals surface area (Å²) < 4.78 is 15.6. The molecule has 3 rings (SSSR count). The number of aromatic nitrogens is 3. The Morgan fingerprint density at radius 3 is 2.69 bits per heavy atom. The van der Waals surface area contributed by atoms with Gasteiger partial charge in [-0.05, 0) is 44.5 Å². The van der Waals surface area contributed by atoms with Crippen molar-refractivity contribution in [2.24, 2.45) is 7.05 Å². The van der Waals surface area contributed by atoms with Crippen molar-refractivity contribution in [2.75, 3.05) is 6.54 Å². The van der Waals surface area contributed by atoms with Gasteiger partial charge in [0.1, 0.15) is 16.5 Å². The summed E-state index contributed by atoms with van der Waals surface area (Å²) in [6.07, 6.45) is 1.61. The number of carbonyl (C=O) groups is 1. The van der Waals surface area contributed by atoms with Crippen molar-refractivity contribution < 1.29 is 9.18 Å². The summed E-state index contributed by atoms with van der Waals surface area (Å²) in [6.45, 7) is 6.30. The lowest BCUT2D eigenvalue weighted by Crippen LogP contribution is -2.37. The molecule has 0 aliphatic rings. The SMILES string of the molecule is CCN(C(=O)c1cc(F)ccc1-c1cc(Cl)nc2cnn(C)c12)C(C)C. The monoisotopic (exact) mass is 374 g/mol. The van der Waals surface area contributed by atoms with Gasteiger partial charge in [0, 0.05) is 25.2 Å². The fourth-order valence-corrected chi connectivity index (χ4v) is 3.39. The molecule has 0 unspecified atom stereocenters. The molecule has 0 N–H and O–H groups in total. The maximum Gasteiger partial charge on any atom is 0.254 e. The van der Waals surface area contributed by atoms with Crippen LogP contribution in [0.3, 0.4) is 0 Å². The Morgan fingerprint density at radius 2 is 2.04 bits per heavy atom. The van der Waals surface area contributed by atoms with Crippen LogP contribution in [-0.4, -0.2) is 38.2 Å². The molecule has 0 radical (unpaired) electrons. The van der Waals surface area contributed by atoms with Crippen LogP contribution in [0, 0.1) is 5.82 Å². The van der Waals surface area contributed by atoms with Gasteiger partial charge in [-0.2, -0.15) is 5.10 Å². The van der Waals surface area contributed by atoms with Gasteiger partial charge in [-0.3, -0.25) is 9.48 Å². The second kappa shape index (κ2) is 7.03. The predicted molar refractivity (Wildman–Crippen MR) is 101 cm³/mol. The molecule has 2 heterocycles. The largest absolute Gasteiger partial charge is 0.336 e. The predicted octanol–water partition coefficient (Wildman–Crippen LogP) is 4.30. The van der Waals surface area contributed by atoms with E-state index in [9.17, 15) is 9.18 Å². The van der Waals surface area contributed by atoms with Crippen molar-refractivity contribution in [1.29, 1.82) is 0 Å². The number of hydrogen-bond donors (Lipinski definition) is 0. The lowest BCUT2D eigenvalue weighted by Gasteiger charge is -2.26. The first kappa shape index (κ1) is 18.3. The molecule has 136 valence electrons. The number of halogens is 2. The molecule has 2 aromatic heterocycles. The number of rotatable bonds is 4. The van der Waals surface area contributed by atoms with E-state index in [1.807, 2.05) is 20.8 Å². The van der Waals surface area contributed by atoms with Crippen molar-refractivity contribution in [2.45, 2.75) is 26.8 Å². The fraction of sp³-hybridized carbons (Fsp3) is 0.316. The molecule has 1 amide bonds. The van der Waals surface area contributed by atoms with Crippen LogP contribution in [-0.2, 0) is 7.05 Å². The zero-order valence-corrected chi connectivity index (χ0v) is 15.9. The molecule has 1 aromatic carbocycles. The van der Waals surface area contributed by atoms with Gasteiger partial charge < -0.3 is 4.90 Å². The fourth-order valence-electron chi connectivity index (χ4n) is 3.19. The highest BCUT2D eigenvalue weighted by Crippen LogP contribution is 2.33. The van der Waals surface area contributed by atoms with Crippen molar-refractivity contribution in [3.05, 3.63) is 47.0 Å². The summed E-state index contributed by atoms with van der Waals surface area (Å²) in [7, 11) is 1.79. The molecular formula is C19H20ClFN4O. The standard InChI is InChI=1S/C19H20ClFN4O/c1-5-25(11(2)3)19(26)15-8-12(21)6-7-13(15)14-9-17(20)23-16-10-22-24(4)18(14)16/h6-11H,5H2,1-4H3. The lowest BCUT2D eigenvalue weighted by molar-refractivity contribution is 0.0717. The smallest absolute Gasteiger partial charge is 0.254 e. The molecule has 0 saturated heterocycles. The van der Waals surface area contributed by atoms with Crippen LogP contribution >= 0.6 is 11.6 Å². The van der Waals surface area contributed by atoms with Crippen LogP contribution in [0.1, 0.15) is 31.1 Å². The Bertz CT molecular complexity index is 983. The van der Waals surface area contributed by atoms with Crippen LogP contribution in [0.5, 0.6) is 0 Å². The molecule has 26 heavy (non-hydrogen) atoms. The van der Waals surface area contributed by atoms with Gasteiger partial charge >= 0.3 is 0 Å².